The Bertz CT molecular complexity index is 711. The van der Waals surface area contributed by atoms with E-state index in [1.54, 1.807) is 29.2 Å². The third-order valence-electron chi connectivity index (χ3n) is 3.21. The van der Waals surface area contributed by atoms with Crippen LogP contribution >= 0.6 is 34.7 Å². The number of benzene rings is 1. The Balaban J connectivity index is 1.58. The molecule has 0 unspecified atom stereocenters. The van der Waals surface area contributed by atoms with Crippen LogP contribution in [0, 0.1) is 10.1 Å². The number of nitrogens with zero attached hydrogens (tertiary/aromatic N) is 1. The monoisotopic (exact) mass is 399 g/mol. The molecule has 0 saturated carbocycles. The topological polar surface area (TPSA) is 84.3 Å². The van der Waals surface area contributed by atoms with Crippen LogP contribution < -0.4 is 10.6 Å². The van der Waals surface area contributed by atoms with E-state index < -0.39 is 4.92 Å². The van der Waals surface area contributed by atoms with E-state index in [1.807, 2.05) is 11.4 Å². The maximum atomic E-state index is 11.7. The number of thioether (sulfide) groups is 1. The van der Waals surface area contributed by atoms with E-state index in [2.05, 4.69) is 16.7 Å². The molecule has 134 valence electrons. The molecule has 9 heteroatoms. The fourth-order valence-electron chi connectivity index (χ4n) is 1.99. The number of carbonyl (C=O) groups is 1. The number of amides is 1. The number of nitro benzene ring substituents is 1. The Morgan fingerprint density at radius 3 is 2.84 bits per heavy atom. The summed E-state index contributed by atoms with van der Waals surface area (Å²) in [5, 5.41) is 19.0. The Hall–Kier alpha value is -1.77. The second-order valence-corrected chi connectivity index (χ2v) is 7.55. The van der Waals surface area contributed by atoms with Gasteiger partial charge in [-0.3, -0.25) is 14.9 Å². The number of carbonyl (C=O) groups excluding carboxylic acids is 1. The van der Waals surface area contributed by atoms with Crippen LogP contribution in [0.2, 0.25) is 5.02 Å². The van der Waals surface area contributed by atoms with Crippen LogP contribution in [0.15, 0.2) is 35.7 Å². The SMILES string of the molecule is O=C(CSCc1cccs1)NCCCNc1ccc([N+](=O)[O-])cc1Cl. The smallest absolute Gasteiger partial charge is 0.271 e. The lowest BCUT2D eigenvalue weighted by atomic mass is 10.2. The van der Waals surface area contributed by atoms with E-state index in [0.29, 0.717) is 29.6 Å². The van der Waals surface area contributed by atoms with Crippen LogP contribution in [-0.4, -0.2) is 29.7 Å². The highest BCUT2D eigenvalue weighted by Gasteiger charge is 2.09. The van der Waals surface area contributed by atoms with Gasteiger partial charge in [0.2, 0.25) is 5.91 Å². The second-order valence-electron chi connectivity index (χ2n) is 5.12. The molecule has 0 atom stereocenters. The van der Waals surface area contributed by atoms with Gasteiger partial charge in [0, 0.05) is 35.9 Å². The molecule has 1 aromatic carbocycles. The minimum Gasteiger partial charge on any atom is -0.384 e. The maximum Gasteiger partial charge on any atom is 0.271 e. The fraction of sp³-hybridized carbons (Fsp3) is 0.312. The third-order valence-corrected chi connectivity index (χ3v) is 5.57. The molecule has 0 saturated heterocycles. The third kappa shape index (κ3) is 6.93. The first-order valence-electron chi connectivity index (χ1n) is 7.61. The molecule has 6 nitrogen and oxygen atoms in total. The minimum atomic E-state index is -0.484. The van der Waals surface area contributed by atoms with Crippen molar-refractivity contribution in [2.75, 3.05) is 24.2 Å². The Morgan fingerprint density at radius 1 is 1.32 bits per heavy atom. The first-order valence-corrected chi connectivity index (χ1v) is 10.0. The van der Waals surface area contributed by atoms with Crippen LogP contribution in [0.1, 0.15) is 11.3 Å². The van der Waals surface area contributed by atoms with Gasteiger partial charge in [0.05, 0.1) is 21.4 Å². The number of nitrogens with one attached hydrogen (secondary N) is 2. The fourth-order valence-corrected chi connectivity index (χ4v) is 3.93. The lowest BCUT2D eigenvalue weighted by molar-refractivity contribution is -0.384. The van der Waals surface area contributed by atoms with Crippen molar-refractivity contribution in [3.05, 3.63) is 55.7 Å². The number of hydrogen-bond acceptors (Lipinski definition) is 6. The van der Waals surface area contributed by atoms with Gasteiger partial charge >= 0.3 is 0 Å². The highest BCUT2D eigenvalue weighted by molar-refractivity contribution is 7.99. The summed E-state index contributed by atoms with van der Waals surface area (Å²) in [4.78, 5) is 23.2. The molecule has 0 bridgehead atoms. The highest BCUT2D eigenvalue weighted by Crippen LogP contribution is 2.26. The minimum absolute atomic E-state index is 0.0231. The van der Waals surface area contributed by atoms with Crippen molar-refractivity contribution >= 4 is 52.0 Å². The van der Waals surface area contributed by atoms with Crippen LogP contribution in [0.3, 0.4) is 0 Å². The molecule has 0 spiro atoms. The van der Waals surface area contributed by atoms with Crippen molar-refractivity contribution in [3.8, 4) is 0 Å². The number of hydrogen-bond donors (Lipinski definition) is 2. The van der Waals surface area contributed by atoms with Gasteiger partial charge in [0.15, 0.2) is 0 Å². The molecule has 0 fully saturated rings. The van der Waals surface area contributed by atoms with Gasteiger partial charge in [-0.2, -0.15) is 0 Å². The van der Waals surface area contributed by atoms with Crippen LogP contribution in [0.5, 0.6) is 0 Å². The average Bonchev–Trinajstić information content (AvgIpc) is 3.09. The van der Waals surface area contributed by atoms with Crippen molar-refractivity contribution < 1.29 is 9.72 Å². The lowest BCUT2D eigenvalue weighted by Crippen LogP contribution is -2.27. The predicted octanol–water partition coefficient (Wildman–Crippen LogP) is 4.16. The summed E-state index contributed by atoms with van der Waals surface area (Å²) in [5.41, 5.74) is 0.605. The quantitative estimate of drug-likeness (QED) is 0.356. The molecule has 2 N–H and O–H groups in total. The standard InChI is InChI=1S/C16H18ClN3O3S2/c17-14-9-12(20(22)23)4-5-15(14)18-6-2-7-19-16(21)11-24-10-13-3-1-8-25-13/h1,3-5,8-9,18H,2,6-7,10-11H2,(H,19,21). The van der Waals surface area contributed by atoms with Gasteiger partial charge in [-0.15, -0.1) is 23.1 Å². The first kappa shape index (κ1) is 19.6. The van der Waals surface area contributed by atoms with Gasteiger partial charge in [0.25, 0.3) is 5.69 Å². The lowest BCUT2D eigenvalue weighted by Gasteiger charge is -2.09. The van der Waals surface area contributed by atoms with E-state index in [-0.39, 0.29) is 11.6 Å². The number of thiophene rings is 1. The van der Waals surface area contributed by atoms with Crippen LogP contribution in [0.25, 0.3) is 0 Å². The maximum absolute atomic E-state index is 11.7. The van der Waals surface area contributed by atoms with Gasteiger partial charge in [-0.05, 0) is 23.9 Å². The van der Waals surface area contributed by atoms with Gasteiger partial charge in [-0.25, -0.2) is 0 Å². The van der Waals surface area contributed by atoms with E-state index in [0.717, 1.165) is 12.2 Å². The van der Waals surface area contributed by atoms with E-state index in [1.165, 1.54) is 17.0 Å². The molecule has 1 aromatic heterocycles. The Labute approximate surface area is 159 Å². The van der Waals surface area contributed by atoms with Gasteiger partial charge < -0.3 is 10.6 Å². The zero-order chi connectivity index (χ0) is 18.1. The van der Waals surface area contributed by atoms with Crippen molar-refractivity contribution in [2.45, 2.75) is 12.2 Å². The number of anilines is 1. The summed E-state index contributed by atoms with van der Waals surface area (Å²) in [5.74, 6) is 1.32. The van der Waals surface area contributed by atoms with Crippen molar-refractivity contribution in [1.29, 1.82) is 0 Å². The average molecular weight is 400 g/mol. The largest absolute Gasteiger partial charge is 0.384 e. The number of nitro groups is 1. The molecule has 2 aromatic rings. The van der Waals surface area contributed by atoms with E-state index in [9.17, 15) is 14.9 Å². The second kappa shape index (κ2) is 10.3. The molecular weight excluding hydrogens is 382 g/mol. The van der Waals surface area contributed by atoms with E-state index in [4.69, 9.17) is 11.6 Å². The van der Waals surface area contributed by atoms with Crippen molar-refractivity contribution in [3.63, 3.8) is 0 Å². The predicted molar refractivity (Wildman–Crippen MR) is 105 cm³/mol. The number of rotatable bonds is 10. The van der Waals surface area contributed by atoms with Crippen molar-refractivity contribution in [2.24, 2.45) is 0 Å². The summed E-state index contributed by atoms with van der Waals surface area (Å²) in [6, 6.07) is 8.37. The normalized spacial score (nSPS) is 10.4. The van der Waals surface area contributed by atoms with Crippen LogP contribution in [-0.2, 0) is 10.5 Å². The molecule has 2 rings (SSSR count). The molecular formula is C16H18ClN3O3S2. The number of non-ortho nitro benzene ring substituents is 1. The zero-order valence-corrected chi connectivity index (χ0v) is 15.8. The summed E-state index contributed by atoms with van der Waals surface area (Å²) < 4.78 is 0. The molecule has 0 aliphatic rings. The van der Waals surface area contributed by atoms with Crippen LogP contribution in [0.4, 0.5) is 11.4 Å². The van der Waals surface area contributed by atoms with Gasteiger partial charge in [-0.1, -0.05) is 17.7 Å². The molecule has 1 heterocycles. The van der Waals surface area contributed by atoms with E-state index >= 15 is 0 Å². The summed E-state index contributed by atoms with van der Waals surface area (Å²) in [7, 11) is 0. The number of halogens is 1. The summed E-state index contributed by atoms with van der Waals surface area (Å²) in [6.45, 7) is 1.18. The molecule has 25 heavy (non-hydrogen) atoms. The molecule has 0 radical (unpaired) electrons. The summed E-state index contributed by atoms with van der Waals surface area (Å²) in [6.07, 6.45) is 0.731. The Morgan fingerprint density at radius 2 is 2.16 bits per heavy atom. The van der Waals surface area contributed by atoms with Gasteiger partial charge in [0.1, 0.15) is 0 Å². The molecule has 1 amide bonds. The molecule has 0 aliphatic heterocycles. The molecule has 0 aliphatic carbocycles. The summed E-state index contributed by atoms with van der Waals surface area (Å²) >= 11 is 9.28. The Kier molecular flexibility index (Phi) is 8.03. The first-order chi connectivity index (χ1) is 12.1. The highest BCUT2D eigenvalue weighted by atomic mass is 35.5. The van der Waals surface area contributed by atoms with Crippen molar-refractivity contribution in [1.82, 2.24) is 5.32 Å². The zero-order valence-electron chi connectivity index (χ0n) is 13.4.